The highest BCUT2D eigenvalue weighted by molar-refractivity contribution is 5.87. The third-order valence-electron chi connectivity index (χ3n) is 5.28. The summed E-state index contributed by atoms with van der Waals surface area (Å²) in [5.41, 5.74) is 3.56. The van der Waals surface area contributed by atoms with E-state index in [2.05, 4.69) is 50.4 Å². The lowest BCUT2D eigenvalue weighted by Gasteiger charge is -2.30. The van der Waals surface area contributed by atoms with Crippen molar-refractivity contribution in [1.29, 1.82) is 0 Å². The summed E-state index contributed by atoms with van der Waals surface area (Å²) in [6, 6.07) is 17.9. The average Bonchev–Trinajstić information content (AvgIpc) is 2.72. The molecule has 0 heterocycles. The predicted octanol–water partition coefficient (Wildman–Crippen LogP) is 4.47. The Morgan fingerprint density at radius 3 is 2.10 bits per heavy atom. The molecular formula is C25H34N2O2. The number of nitrogens with one attached hydrogen (secondary N) is 1. The van der Waals surface area contributed by atoms with Crippen molar-refractivity contribution < 1.29 is 9.59 Å². The Bertz CT molecular complexity index is 792. The van der Waals surface area contributed by atoms with Gasteiger partial charge in [-0.2, -0.15) is 0 Å². The smallest absolute Gasteiger partial charge is 0.242 e. The van der Waals surface area contributed by atoms with Crippen LogP contribution in [-0.2, 0) is 28.0 Å². The fourth-order valence-electron chi connectivity index (χ4n) is 3.43. The molecule has 0 spiro atoms. The number of likely N-dealkylation sites (N-methyl/N-ethyl adjacent to an activating group) is 1. The van der Waals surface area contributed by atoms with Gasteiger partial charge in [-0.15, -0.1) is 0 Å². The van der Waals surface area contributed by atoms with Gasteiger partial charge in [-0.3, -0.25) is 9.59 Å². The predicted molar refractivity (Wildman–Crippen MR) is 119 cm³/mol. The molecule has 0 bridgehead atoms. The van der Waals surface area contributed by atoms with E-state index in [9.17, 15) is 9.59 Å². The molecule has 0 aliphatic carbocycles. The highest BCUT2D eigenvalue weighted by Crippen LogP contribution is 2.23. The fourth-order valence-corrected chi connectivity index (χ4v) is 3.43. The van der Waals surface area contributed by atoms with E-state index in [-0.39, 0.29) is 17.2 Å². The Morgan fingerprint density at radius 1 is 0.966 bits per heavy atom. The lowest BCUT2D eigenvalue weighted by Crippen LogP contribution is -2.48. The normalized spacial score (nSPS) is 12.3. The first-order chi connectivity index (χ1) is 13.8. The first-order valence-electron chi connectivity index (χ1n) is 10.4. The molecule has 1 N–H and O–H groups in total. The zero-order valence-electron chi connectivity index (χ0n) is 18.4. The summed E-state index contributed by atoms with van der Waals surface area (Å²) in [5, 5.41) is 2.70. The number of hydrogen-bond donors (Lipinski definition) is 1. The maximum Gasteiger partial charge on any atom is 0.242 e. The Labute approximate surface area is 175 Å². The average molecular weight is 395 g/mol. The van der Waals surface area contributed by atoms with Gasteiger partial charge in [-0.25, -0.2) is 0 Å². The van der Waals surface area contributed by atoms with Crippen LogP contribution in [0.3, 0.4) is 0 Å². The van der Waals surface area contributed by atoms with E-state index in [0.717, 1.165) is 11.1 Å². The van der Waals surface area contributed by atoms with Crippen molar-refractivity contribution in [3.05, 3.63) is 71.3 Å². The lowest BCUT2D eigenvalue weighted by atomic mass is 9.86. The molecule has 0 saturated heterocycles. The first-order valence-corrected chi connectivity index (χ1v) is 10.4. The Balaban J connectivity index is 2.12. The molecule has 2 aromatic carbocycles. The minimum atomic E-state index is -0.462. The summed E-state index contributed by atoms with van der Waals surface area (Å²) in [4.78, 5) is 27.2. The molecule has 0 aromatic heterocycles. The van der Waals surface area contributed by atoms with Crippen LogP contribution in [0.15, 0.2) is 54.6 Å². The summed E-state index contributed by atoms with van der Waals surface area (Å²) in [7, 11) is 1.62. The van der Waals surface area contributed by atoms with Gasteiger partial charge >= 0.3 is 0 Å². The molecule has 0 saturated carbocycles. The van der Waals surface area contributed by atoms with Crippen LogP contribution in [0.1, 0.15) is 57.2 Å². The van der Waals surface area contributed by atoms with E-state index in [0.29, 0.717) is 25.8 Å². The van der Waals surface area contributed by atoms with Crippen molar-refractivity contribution >= 4 is 11.8 Å². The number of benzene rings is 2. The topological polar surface area (TPSA) is 49.4 Å². The molecule has 0 aliphatic heterocycles. The van der Waals surface area contributed by atoms with Gasteiger partial charge in [0.1, 0.15) is 6.04 Å². The van der Waals surface area contributed by atoms with Gasteiger partial charge < -0.3 is 10.2 Å². The number of hydrogen-bond acceptors (Lipinski definition) is 2. The van der Waals surface area contributed by atoms with Crippen LogP contribution in [-0.4, -0.2) is 29.8 Å². The van der Waals surface area contributed by atoms with Crippen molar-refractivity contribution in [2.75, 3.05) is 7.05 Å². The monoisotopic (exact) mass is 394 g/mol. The van der Waals surface area contributed by atoms with Crippen LogP contribution in [0.5, 0.6) is 0 Å². The maximum absolute atomic E-state index is 13.1. The van der Waals surface area contributed by atoms with Gasteiger partial charge in [0.15, 0.2) is 0 Å². The molecule has 156 valence electrons. The van der Waals surface area contributed by atoms with Crippen LogP contribution >= 0.6 is 0 Å². The SMILES string of the molecule is CCC(C(=O)NC)N(Cc1ccccc1)C(=O)CCc1ccc(C(C)(C)C)cc1. The summed E-state index contributed by atoms with van der Waals surface area (Å²) >= 11 is 0. The van der Waals surface area contributed by atoms with E-state index in [1.807, 2.05) is 37.3 Å². The number of rotatable bonds is 8. The second kappa shape index (κ2) is 10.2. The second-order valence-electron chi connectivity index (χ2n) is 8.49. The number of carbonyl (C=O) groups excluding carboxylic acids is 2. The van der Waals surface area contributed by atoms with Gasteiger partial charge in [0.05, 0.1) is 0 Å². The van der Waals surface area contributed by atoms with E-state index in [4.69, 9.17) is 0 Å². The van der Waals surface area contributed by atoms with Crippen LogP contribution in [0.25, 0.3) is 0 Å². The van der Waals surface area contributed by atoms with Crippen molar-refractivity contribution in [3.8, 4) is 0 Å². The van der Waals surface area contributed by atoms with Gasteiger partial charge in [0.25, 0.3) is 0 Å². The Morgan fingerprint density at radius 2 is 1.59 bits per heavy atom. The molecule has 29 heavy (non-hydrogen) atoms. The molecule has 4 heteroatoms. The van der Waals surface area contributed by atoms with Crippen molar-refractivity contribution in [1.82, 2.24) is 10.2 Å². The molecule has 0 aliphatic rings. The Hall–Kier alpha value is -2.62. The lowest BCUT2D eigenvalue weighted by molar-refractivity contribution is -0.141. The number of amides is 2. The van der Waals surface area contributed by atoms with E-state index < -0.39 is 6.04 Å². The molecule has 2 aromatic rings. The molecule has 1 unspecified atom stereocenters. The molecule has 2 rings (SSSR count). The van der Waals surface area contributed by atoms with Crippen LogP contribution in [0.2, 0.25) is 0 Å². The third kappa shape index (κ3) is 6.45. The Kier molecular flexibility index (Phi) is 8.00. The standard InChI is InChI=1S/C25H34N2O2/c1-6-22(24(29)26-5)27(18-20-10-8-7-9-11-20)23(28)17-14-19-12-15-21(16-13-19)25(2,3)4/h7-13,15-16,22H,6,14,17-18H2,1-5H3,(H,26,29). The largest absolute Gasteiger partial charge is 0.357 e. The van der Waals surface area contributed by atoms with E-state index in [1.54, 1.807) is 11.9 Å². The number of nitrogens with zero attached hydrogens (tertiary/aromatic N) is 1. The summed E-state index contributed by atoms with van der Waals surface area (Å²) < 4.78 is 0. The van der Waals surface area contributed by atoms with Crippen LogP contribution < -0.4 is 5.32 Å². The molecule has 2 amide bonds. The number of carbonyl (C=O) groups is 2. The quantitative estimate of drug-likeness (QED) is 0.718. The molecular weight excluding hydrogens is 360 g/mol. The van der Waals surface area contributed by atoms with E-state index in [1.165, 1.54) is 5.56 Å². The third-order valence-corrected chi connectivity index (χ3v) is 5.28. The first kappa shape index (κ1) is 22.7. The van der Waals surface area contributed by atoms with Crippen LogP contribution in [0.4, 0.5) is 0 Å². The zero-order valence-corrected chi connectivity index (χ0v) is 18.4. The van der Waals surface area contributed by atoms with Gasteiger partial charge in [0, 0.05) is 20.0 Å². The van der Waals surface area contributed by atoms with Gasteiger partial charge in [-0.1, -0.05) is 82.3 Å². The fraction of sp³-hybridized carbons (Fsp3) is 0.440. The number of aryl methyl sites for hydroxylation is 1. The minimum absolute atomic E-state index is 0.00389. The highest BCUT2D eigenvalue weighted by atomic mass is 16.2. The molecule has 1 atom stereocenters. The zero-order chi connectivity index (χ0) is 21.4. The molecule has 0 fully saturated rings. The summed E-state index contributed by atoms with van der Waals surface area (Å²) in [5.74, 6) is -0.115. The van der Waals surface area contributed by atoms with E-state index >= 15 is 0 Å². The van der Waals surface area contributed by atoms with Gasteiger partial charge in [-0.05, 0) is 34.9 Å². The summed E-state index contributed by atoms with van der Waals surface area (Å²) in [6.45, 7) is 8.95. The minimum Gasteiger partial charge on any atom is -0.357 e. The van der Waals surface area contributed by atoms with Crippen molar-refractivity contribution in [3.63, 3.8) is 0 Å². The maximum atomic E-state index is 13.1. The second-order valence-corrected chi connectivity index (χ2v) is 8.49. The van der Waals surface area contributed by atoms with Crippen LogP contribution in [0, 0.1) is 0 Å². The van der Waals surface area contributed by atoms with Crippen molar-refractivity contribution in [2.45, 2.75) is 65.0 Å². The highest BCUT2D eigenvalue weighted by Gasteiger charge is 2.27. The van der Waals surface area contributed by atoms with Crippen molar-refractivity contribution in [2.24, 2.45) is 0 Å². The van der Waals surface area contributed by atoms with Gasteiger partial charge in [0.2, 0.25) is 11.8 Å². The summed E-state index contributed by atoms with van der Waals surface area (Å²) in [6.07, 6.45) is 1.63. The molecule has 0 radical (unpaired) electrons. The molecule has 4 nitrogen and oxygen atoms in total.